The Morgan fingerprint density at radius 1 is 1.18 bits per heavy atom. The standard InChI is InChI=1S/C24H29FN6O3/c1-33-11-12-34-24-15-5-4-8-19(14(15)9-10-28-24)29-22-16(21(27)32)13-17(25)23(31-22)30-20-7-3-2-6-18(20)26/h4-5,8-10,13,18,20H,2-3,6-7,11-12,26H2,1H3,(H2,27,32)(H2,29,30,31)/t18-,20+/m0/s1. The van der Waals surface area contributed by atoms with Crippen LogP contribution in [0.25, 0.3) is 10.8 Å². The van der Waals surface area contributed by atoms with E-state index >= 15 is 0 Å². The molecule has 0 saturated heterocycles. The minimum atomic E-state index is -0.791. The minimum absolute atomic E-state index is 0.0281. The Hall–Kier alpha value is -3.50. The molecular formula is C24H29FN6O3. The summed E-state index contributed by atoms with van der Waals surface area (Å²) in [6.45, 7) is 0.780. The highest BCUT2D eigenvalue weighted by molar-refractivity contribution is 6.02. The van der Waals surface area contributed by atoms with Crippen LogP contribution >= 0.6 is 0 Å². The smallest absolute Gasteiger partial charge is 0.252 e. The fourth-order valence-corrected chi connectivity index (χ4v) is 4.14. The first-order valence-electron chi connectivity index (χ1n) is 11.3. The lowest BCUT2D eigenvalue weighted by molar-refractivity contribution is 0.100. The van der Waals surface area contributed by atoms with Crippen LogP contribution in [-0.4, -0.2) is 48.3 Å². The van der Waals surface area contributed by atoms with E-state index in [1.807, 2.05) is 24.3 Å². The van der Waals surface area contributed by atoms with Crippen LogP contribution in [-0.2, 0) is 4.74 Å². The third kappa shape index (κ3) is 5.18. The molecule has 34 heavy (non-hydrogen) atoms. The van der Waals surface area contributed by atoms with Crippen molar-refractivity contribution >= 4 is 34.0 Å². The Balaban J connectivity index is 1.68. The topological polar surface area (TPSA) is 137 Å². The number of benzene rings is 1. The zero-order valence-electron chi connectivity index (χ0n) is 19.0. The zero-order chi connectivity index (χ0) is 24.1. The molecule has 0 spiro atoms. The van der Waals surface area contributed by atoms with Crippen molar-refractivity contribution in [3.8, 4) is 5.88 Å². The number of carbonyl (C=O) groups is 1. The molecule has 1 aromatic carbocycles. The number of nitrogens with two attached hydrogens (primary N) is 2. The van der Waals surface area contributed by atoms with E-state index in [0.717, 1.165) is 42.5 Å². The Kier molecular flexibility index (Phi) is 7.39. The quantitative estimate of drug-likeness (QED) is 0.351. The summed E-state index contributed by atoms with van der Waals surface area (Å²) >= 11 is 0. The van der Waals surface area contributed by atoms with Crippen molar-refractivity contribution in [1.29, 1.82) is 0 Å². The normalized spacial score (nSPS) is 18.0. The second-order valence-corrected chi connectivity index (χ2v) is 8.26. The van der Waals surface area contributed by atoms with Crippen LogP contribution in [0.5, 0.6) is 5.88 Å². The number of pyridine rings is 2. The molecule has 0 radical (unpaired) electrons. The molecule has 1 aliphatic carbocycles. The van der Waals surface area contributed by atoms with Crippen LogP contribution in [0.3, 0.4) is 0 Å². The van der Waals surface area contributed by atoms with E-state index in [1.165, 1.54) is 0 Å². The van der Waals surface area contributed by atoms with Gasteiger partial charge in [0.25, 0.3) is 5.91 Å². The molecule has 9 nitrogen and oxygen atoms in total. The number of methoxy groups -OCH3 is 1. The third-order valence-electron chi connectivity index (χ3n) is 5.93. The van der Waals surface area contributed by atoms with Gasteiger partial charge in [-0.05, 0) is 37.1 Å². The maximum absolute atomic E-state index is 14.8. The number of primary amides is 1. The molecule has 0 bridgehead atoms. The summed E-state index contributed by atoms with van der Waals surface area (Å²) in [5, 5.41) is 7.82. The summed E-state index contributed by atoms with van der Waals surface area (Å²) in [6.07, 6.45) is 5.37. The Bertz CT molecular complexity index is 1170. The van der Waals surface area contributed by atoms with Gasteiger partial charge in [0, 0.05) is 41.9 Å². The molecule has 1 aliphatic rings. The first kappa shape index (κ1) is 23.7. The van der Waals surface area contributed by atoms with Crippen LogP contribution in [0.1, 0.15) is 36.0 Å². The lowest BCUT2D eigenvalue weighted by Gasteiger charge is -2.30. The Morgan fingerprint density at radius 2 is 2.00 bits per heavy atom. The number of hydrogen-bond acceptors (Lipinski definition) is 8. The maximum atomic E-state index is 14.8. The molecule has 2 atom stereocenters. The SMILES string of the molecule is COCCOc1nccc2c(Nc3nc(N[C@@H]4CCCC[C@@H]4N)c(F)cc3C(N)=O)cccc12. The molecule has 0 aliphatic heterocycles. The van der Waals surface area contributed by atoms with Gasteiger partial charge in [0.05, 0.1) is 12.2 Å². The maximum Gasteiger partial charge on any atom is 0.252 e. The molecule has 4 rings (SSSR count). The summed E-state index contributed by atoms with van der Waals surface area (Å²) in [6, 6.07) is 8.24. The van der Waals surface area contributed by atoms with Gasteiger partial charge >= 0.3 is 0 Å². The fourth-order valence-electron chi connectivity index (χ4n) is 4.14. The lowest BCUT2D eigenvalue weighted by atomic mass is 9.91. The number of fused-ring (bicyclic) bond motifs is 1. The lowest BCUT2D eigenvalue weighted by Crippen LogP contribution is -2.43. The molecule has 10 heteroatoms. The third-order valence-corrected chi connectivity index (χ3v) is 5.93. The molecule has 1 amide bonds. The predicted molar refractivity (Wildman–Crippen MR) is 129 cm³/mol. The monoisotopic (exact) mass is 468 g/mol. The average Bonchev–Trinajstić information content (AvgIpc) is 2.83. The zero-order valence-corrected chi connectivity index (χ0v) is 19.0. The number of amides is 1. The number of carbonyl (C=O) groups excluding carboxylic acids is 1. The number of halogens is 1. The second kappa shape index (κ2) is 10.6. The van der Waals surface area contributed by atoms with Crippen molar-refractivity contribution in [2.45, 2.75) is 37.8 Å². The van der Waals surface area contributed by atoms with E-state index in [4.69, 9.17) is 20.9 Å². The van der Waals surface area contributed by atoms with E-state index in [2.05, 4.69) is 20.6 Å². The molecule has 1 saturated carbocycles. The van der Waals surface area contributed by atoms with Crippen molar-refractivity contribution in [1.82, 2.24) is 9.97 Å². The average molecular weight is 469 g/mol. The summed E-state index contributed by atoms with van der Waals surface area (Å²) in [5.41, 5.74) is 12.3. The van der Waals surface area contributed by atoms with Crippen LogP contribution in [0.2, 0.25) is 0 Å². The Morgan fingerprint density at radius 3 is 2.76 bits per heavy atom. The minimum Gasteiger partial charge on any atom is -0.475 e. The van der Waals surface area contributed by atoms with Crippen LogP contribution in [0, 0.1) is 5.82 Å². The number of hydrogen-bond donors (Lipinski definition) is 4. The molecule has 3 aromatic rings. The van der Waals surface area contributed by atoms with Crippen molar-refractivity contribution in [3.05, 3.63) is 47.9 Å². The first-order valence-corrected chi connectivity index (χ1v) is 11.3. The second-order valence-electron chi connectivity index (χ2n) is 8.26. The van der Waals surface area contributed by atoms with Crippen molar-refractivity contribution < 1.29 is 18.7 Å². The van der Waals surface area contributed by atoms with Crippen LogP contribution in [0.4, 0.5) is 21.7 Å². The van der Waals surface area contributed by atoms with E-state index in [1.54, 1.807) is 13.3 Å². The van der Waals surface area contributed by atoms with E-state index in [0.29, 0.717) is 24.8 Å². The summed E-state index contributed by atoms with van der Waals surface area (Å²) in [7, 11) is 1.60. The van der Waals surface area contributed by atoms with E-state index in [-0.39, 0.29) is 29.3 Å². The fraction of sp³-hybridized carbons (Fsp3) is 0.375. The Labute approximate surface area is 197 Å². The molecule has 0 unspecified atom stereocenters. The molecule has 6 N–H and O–H groups in total. The van der Waals surface area contributed by atoms with Gasteiger partial charge in [-0.3, -0.25) is 4.79 Å². The number of ether oxygens (including phenoxy) is 2. The highest BCUT2D eigenvalue weighted by Crippen LogP contribution is 2.32. The number of aromatic nitrogens is 2. The number of nitrogens with one attached hydrogen (secondary N) is 2. The van der Waals surface area contributed by atoms with Gasteiger partial charge in [-0.15, -0.1) is 0 Å². The summed E-state index contributed by atoms with van der Waals surface area (Å²) in [5.74, 6) is -0.824. The van der Waals surface area contributed by atoms with Gasteiger partial charge < -0.3 is 31.6 Å². The van der Waals surface area contributed by atoms with Crippen LogP contribution < -0.4 is 26.8 Å². The van der Waals surface area contributed by atoms with Crippen LogP contribution in [0.15, 0.2) is 36.5 Å². The largest absolute Gasteiger partial charge is 0.475 e. The summed E-state index contributed by atoms with van der Waals surface area (Å²) in [4.78, 5) is 20.8. The van der Waals surface area contributed by atoms with Gasteiger partial charge in [0.1, 0.15) is 12.4 Å². The van der Waals surface area contributed by atoms with Gasteiger partial charge in [-0.2, -0.15) is 0 Å². The molecule has 2 heterocycles. The first-order chi connectivity index (χ1) is 16.5. The predicted octanol–water partition coefficient (Wildman–Crippen LogP) is 3.32. The summed E-state index contributed by atoms with van der Waals surface area (Å²) < 4.78 is 25.6. The molecule has 2 aromatic heterocycles. The van der Waals surface area contributed by atoms with E-state index in [9.17, 15) is 9.18 Å². The number of rotatable bonds is 9. The van der Waals surface area contributed by atoms with Crippen molar-refractivity contribution in [2.24, 2.45) is 11.5 Å². The molecular weight excluding hydrogens is 439 g/mol. The van der Waals surface area contributed by atoms with Gasteiger partial charge in [-0.1, -0.05) is 18.9 Å². The van der Waals surface area contributed by atoms with E-state index < -0.39 is 11.7 Å². The number of nitrogens with zero attached hydrogens (tertiary/aromatic N) is 2. The molecule has 1 fully saturated rings. The van der Waals surface area contributed by atoms with Crippen molar-refractivity contribution in [3.63, 3.8) is 0 Å². The highest BCUT2D eigenvalue weighted by atomic mass is 19.1. The van der Waals surface area contributed by atoms with Gasteiger partial charge in [0.15, 0.2) is 11.6 Å². The van der Waals surface area contributed by atoms with Gasteiger partial charge in [0.2, 0.25) is 5.88 Å². The number of anilines is 3. The van der Waals surface area contributed by atoms with Crippen molar-refractivity contribution in [2.75, 3.05) is 31.0 Å². The molecule has 180 valence electrons. The highest BCUT2D eigenvalue weighted by Gasteiger charge is 2.24. The van der Waals surface area contributed by atoms with Gasteiger partial charge in [-0.25, -0.2) is 14.4 Å².